The van der Waals surface area contributed by atoms with Gasteiger partial charge < -0.3 is 4.52 Å². The van der Waals surface area contributed by atoms with Crippen molar-refractivity contribution in [3.05, 3.63) is 42.5 Å². The van der Waals surface area contributed by atoms with E-state index in [4.69, 9.17) is 27.7 Å². The zero-order valence-electron chi connectivity index (χ0n) is 11.9. The Kier molecular flexibility index (Phi) is 2.97. The lowest BCUT2D eigenvalue weighted by molar-refractivity contribution is 0.351. The Morgan fingerprint density at radius 2 is 2.00 bits per heavy atom. The van der Waals surface area contributed by atoms with E-state index in [-0.39, 0.29) is 5.41 Å². The van der Waals surface area contributed by atoms with Crippen LogP contribution >= 0.6 is 23.2 Å². The fourth-order valence-corrected chi connectivity index (χ4v) is 3.43. The number of rotatable bonds is 3. The summed E-state index contributed by atoms with van der Waals surface area (Å²) in [6.45, 7) is 2.02. The molecule has 1 aromatic carbocycles. The van der Waals surface area contributed by atoms with Gasteiger partial charge in [-0.1, -0.05) is 36.3 Å². The van der Waals surface area contributed by atoms with E-state index < -0.39 is 4.33 Å². The first kappa shape index (κ1) is 14.0. The third-order valence-corrected chi connectivity index (χ3v) is 5.47. The molecule has 4 rings (SSSR count). The molecule has 1 aliphatic rings. The van der Waals surface area contributed by atoms with Crippen molar-refractivity contribution in [1.82, 2.24) is 15.1 Å². The van der Waals surface area contributed by atoms with Gasteiger partial charge >= 0.3 is 0 Å². The van der Waals surface area contributed by atoms with Gasteiger partial charge in [0.1, 0.15) is 4.33 Å². The van der Waals surface area contributed by atoms with E-state index >= 15 is 0 Å². The van der Waals surface area contributed by atoms with Gasteiger partial charge in [0, 0.05) is 35.2 Å². The van der Waals surface area contributed by atoms with E-state index in [2.05, 4.69) is 15.1 Å². The Morgan fingerprint density at radius 3 is 2.77 bits per heavy atom. The van der Waals surface area contributed by atoms with E-state index in [1.807, 2.05) is 37.4 Å². The molecular formula is C16H13Cl2N3O. The summed E-state index contributed by atoms with van der Waals surface area (Å²) in [6, 6.07) is 7.98. The third kappa shape index (κ3) is 2.18. The number of hydrogen-bond acceptors (Lipinski definition) is 4. The van der Waals surface area contributed by atoms with Crippen LogP contribution in [0.15, 0.2) is 41.2 Å². The molecule has 0 radical (unpaired) electrons. The lowest BCUT2D eigenvalue weighted by atomic mass is 10.1. The van der Waals surface area contributed by atoms with E-state index in [0.717, 1.165) is 22.8 Å². The molecule has 0 amide bonds. The van der Waals surface area contributed by atoms with E-state index in [0.29, 0.717) is 18.1 Å². The summed E-state index contributed by atoms with van der Waals surface area (Å²) in [5.41, 5.74) is 0.661. The van der Waals surface area contributed by atoms with E-state index in [1.165, 1.54) is 0 Å². The number of fused-ring (bicyclic) bond motifs is 1. The fourth-order valence-electron chi connectivity index (χ4n) is 2.70. The molecule has 22 heavy (non-hydrogen) atoms. The Balaban J connectivity index is 1.69. The molecule has 1 fully saturated rings. The van der Waals surface area contributed by atoms with Gasteiger partial charge in [-0.2, -0.15) is 4.98 Å². The molecule has 3 aromatic rings. The van der Waals surface area contributed by atoms with Crippen LogP contribution in [-0.2, 0) is 6.42 Å². The predicted molar refractivity (Wildman–Crippen MR) is 85.9 cm³/mol. The van der Waals surface area contributed by atoms with Crippen molar-refractivity contribution in [2.75, 3.05) is 0 Å². The van der Waals surface area contributed by atoms with Crippen molar-refractivity contribution >= 4 is 34.0 Å². The van der Waals surface area contributed by atoms with Crippen LogP contribution in [0, 0.1) is 5.41 Å². The van der Waals surface area contributed by atoms with Crippen molar-refractivity contribution in [2.45, 2.75) is 24.1 Å². The number of halogens is 2. The highest BCUT2D eigenvalue weighted by Gasteiger charge is 2.63. The van der Waals surface area contributed by atoms with Crippen LogP contribution in [0.3, 0.4) is 0 Å². The molecule has 2 aromatic heterocycles. The summed E-state index contributed by atoms with van der Waals surface area (Å²) in [5, 5.41) is 6.17. The maximum absolute atomic E-state index is 6.17. The largest absolute Gasteiger partial charge is 0.339 e. The monoisotopic (exact) mass is 333 g/mol. The van der Waals surface area contributed by atoms with Crippen LogP contribution in [0.5, 0.6) is 0 Å². The second-order valence-corrected chi connectivity index (χ2v) is 7.52. The minimum atomic E-state index is -0.692. The maximum atomic E-state index is 6.17. The number of alkyl halides is 2. The van der Waals surface area contributed by atoms with Gasteiger partial charge in [0.2, 0.25) is 11.7 Å². The van der Waals surface area contributed by atoms with Gasteiger partial charge in [0.15, 0.2) is 0 Å². The summed E-state index contributed by atoms with van der Waals surface area (Å²) in [6.07, 6.45) is 4.88. The molecule has 112 valence electrons. The third-order valence-electron chi connectivity index (χ3n) is 4.29. The zero-order valence-corrected chi connectivity index (χ0v) is 13.4. The topological polar surface area (TPSA) is 51.8 Å². The summed E-state index contributed by atoms with van der Waals surface area (Å²) >= 11 is 12.3. The second-order valence-electron chi connectivity index (χ2n) is 6.04. The summed E-state index contributed by atoms with van der Waals surface area (Å²) in [7, 11) is 0. The smallest absolute Gasteiger partial charge is 0.227 e. The Hall–Kier alpha value is -1.65. The number of pyridine rings is 1. The van der Waals surface area contributed by atoms with Crippen molar-refractivity contribution in [3.8, 4) is 11.4 Å². The van der Waals surface area contributed by atoms with Crippen molar-refractivity contribution in [1.29, 1.82) is 0 Å². The Morgan fingerprint density at radius 1 is 1.23 bits per heavy atom. The molecule has 0 N–H and O–H groups in total. The molecule has 6 heteroatoms. The first-order chi connectivity index (χ1) is 10.5. The Bertz CT molecular complexity index is 856. The summed E-state index contributed by atoms with van der Waals surface area (Å²) in [5.74, 6) is 1.09. The van der Waals surface area contributed by atoms with E-state index in [1.54, 1.807) is 6.20 Å². The lowest BCUT2D eigenvalue weighted by Gasteiger charge is -2.07. The number of hydrogen-bond donors (Lipinski definition) is 0. The molecule has 2 heterocycles. The quantitative estimate of drug-likeness (QED) is 0.666. The number of nitrogens with zero attached hydrogens (tertiary/aromatic N) is 3. The van der Waals surface area contributed by atoms with Crippen molar-refractivity contribution in [2.24, 2.45) is 5.41 Å². The molecule has 1 saturated carbocycles. The lowest BCUT2D eigenvalue weighted by Crippen LogP contribution is -2.08. The highest BCUT2D eigenvalue weighted by molar-refractivity contribution is 6.51. The summed E-state index contributed by atoms with van der Waals surface area (Å²) in [4.78, 5) is 8.73. The number of aromatic nitrogens is 3. The molecule has 0 bridgehead atoms. The molecule has 1 unspecified atom stereocenters. The summed E-state index contributed by atoms with van der Waals surface area (Å²) < 4.78 is 4.68. The number of benzene rings is 1. The molecular weight excluding hydrogens is 321 g/mol. The van der Waals surface area contributed by atoms with Crippen LogP contribution in [0.1, 0.15) is 19.2 Å². The maximum Gasteiger partial charge on any atom is 0.227 e. The first-order valence-corrected chi connectivity index (χ1v) is 7.78. The van der Waals surface area contributed by atoms with Gasteiger partial charge in [0.25, 0.3) is 0 Å². The first-order valence-electron chi connectivity index (χ1n) is 7.02. The Labute approximate surface area is 137 Å². The molecule has 1 aliphatic carbocycles. The molecule has 1 atom stereocenters. The molecule has 0 saturated heterocycles. The van der Waals surface area contributed by atoms with Crippen LogP contribution in [-0.4, -0.2) is 19.5 Å². The van der Waals surface area contributed by atoms with Crippen molar-refractivity contribution in [3.63, 3.8) is 0 Å². The van der Waals surface area contributed by atoms with Crippen LogP contribution in [0.2, 0.25) is 0 Å². The van der Waals surface area contributed by atoms with Gasteiger partial charge in [0.05, 0.1) is 0 Å². The van der Waals surface area contributed by atoms with Crippen molar-refractivity contribution < 1.29 is 4.52 Å². The highest BCUT2D eigenvalue weighted by atomic mass is 35.5. The SMILES string of the molecule is CC1(Cc2nc(-c3cncc4ccccc34)no2)CC1(Cl)Cl. The fraction of sp³-hybridized carbons (Fsp3) is 0.312. The molecule has 4 nitrogen and oxygen atoms in total. The average molecular weight is 334 g/mol. The van der Waals surface area contributed by atoms with Gasteiger partial charge in [-0.3, -0.25) is 4.98 Å². The molecule has 0 spiro atoms. The van der Waals surface area contributed by atoms with Crippen LogP contribution in [0.4, 0.5) is 0 Å². The second kappa shape index (κ2) is 4.67. The standard InChI is InChI=1S/C16H13Cl2N3O/c1-15(9-16(15,17)18)6-13-20-14(21-22-13)12-8-19-7-10-4-2-3-5-11(10)12/h2-5,7-8H,6,9H2,1H3. The zero-order chi connectivity index (χ0) is 15.4. The van der Waals surface area contributed by atoms with Gasteiger partial charge in [-0.15, -0.1) is 23.2 Å². The normalized spacial score (nSPS) is 22.9. The van der Waals surface area contributed by atoms with Gasteiger partial charge in [-0.25, -0.2) is 0 Å². The van der Waals surface area contributed by atoms with Crippen LogP contribution in [0.25, 0.3) is 22.2 Å². The molecule has 0 aliphatic heterocycles. The van der Waals surface area contributed by atoms with E-state index in [9.17, 15) is 0 Å². The predicted octanol–water partition coefficient (Wildman–Crippen LogP) is 4.41. The average Bonchev–Trinajstić information content (AvgIpc) is 2.84. The highest BCUT2D eigenvalue weighted by Crippen LogP contribution is 2.65. The minimum Gasteiger partial charge on any atom is -0.339 e. The van der Waals surface area contributed by atoms with Gasteiger partial charge in [-0.05, 0) is 11.8 Å². The minimum absolute atomic E-state index is 0.197. The van der Waals surface area contributed by atoms with Crippen LogP contribution < -0.4 is 0 Å².